The van der Waals surface area contributed by atoms with Gasteiger partial charge in [-0.15, -0.1) is 0 Å². The summed E-state index contributed by atoms with van der Waals surface area (Å²) in [7, 11) is 0. The Bertz CT molecular complexity index is 1260. The van der Waals surface area contributed by atoms with Crippen LogP contribution in [0.1, 0.15) is 49.9 Å². The highest BCUT2D eigenvalue weighted by Gasteiger charge is 2.36. The lowest BCUT2D eigenvalue weighted by Crippen LogP contribution is -2.14. The van der Waals surface area contributed by atoms with Gasteiger partial charge < -0.3 is 0 Å². The van der Waals surface area contributed by atoms with Crippen molar-refractivity contribution in [3.8, 4) is 22.5 Å². The largest absolute Gasteiger partial charge is 0.256 e. The smallest absolute Gasteiger partial charge is 0.129 e. The molecule has 2 aromatic carbocycles. The molecule has 6 rings (SSSR count). The van der Waals surface area contributed by atoms with Crippen LogP contribution in [0, 0.1) is 0 Å². The molecule has 2 heterocycles. The number of hydrogen-bond acceptors (Lipinski definition) is 2. The van der Waals surface area contributed by atoms with Gasteiger partial charge in [0.25, 0.3) is 0 Å². The molecule has 0 fully saturated rings. The summed E-state index contributed by atoms with van der Waals surface area (Å²) >= 11 is 5.97. The third-order valence-electron chi connectivity index (χ3n) is 6.73. The van der Waals surface area contributed by atoms with Crippen LogP contribution in [0.4, 0.5) is 0 Å². The number of rotatable bonds is 0. The molecule has 4 aromatic rings. The highest BCUT2D eigenvalue weighted by molar-refractivity contribution is 6.29. The molecule has 0 amide bonds. The van der Waals surface area contributed by atoms with E-state index in [1.165, 1.54) is 33.4 Å². The van der Waals surface area contributed by atoms with E-state index in [1.807, 2.05) is 24.4 Å². The van der Waals surface area contributed by atoms with Crippen molar-refractivity contribution in [3.05, 3.63) is 106 Å². The van der Waals surface area contributed by atoms with Gasteiger partial charge in [0.1, 0.15) is 5.15 Å². The number of benzene rings is 2. The average molecular weight is 425 g/mol. The predicted octanol–water partition coefficient (Wildman–Crippen LogP) is 7.43. The summed E-state index contributed by atoms with van der Waals surface area (Å²) in [4.78, 5) is 8.95. The Kier molecular flexibility index (Phi) is 4.53. The van der Waals surface area contributed by atoms with Gasteiger partial charge in [-0.3, -0.25) is 4.98 Å². The van der Waals surface area contributed by atoms with Crippen molar-refractivity contribution in [1.29, 1.82) is 0 Å². The number of nitrogens with zero attached hydrogens (tertiary/aromatic N) is 2. The predicted molar refractivity (Wildman–Crippen MR) is 129 cm³/mol. The maximum absolute atomic E-state index is 5.97. The fraction of sp³-hybridized carbons (Fsp3) is 0.214. The first-order chi connectivity index (χ1) is 14.8. The number of hydrogen-bond donors (Lipinski definition) is 0. The van der Waals surface area contributed by atoms with Gasteiger partial charge in [0, 0.05) is 28.2 Å². The SMILES string of the molecule is CC1(C)c2ccccc2-c2nc(Cl)ccc21.CC1(C)c2ccccc2-c2ncccc21. The molecule has 0 radical (unpaired) electrons. The van der Waals surface area contributed by atoms with E-state index in [1.54, 1.807) is 0 Å². The fourth-order valence-electron chi connectivity index (χ4n) is 5.03. The standard InChI is InChI=1S/C14H12ClN.C14H13N/c1-14(2)10-6-4-3-5-9(10)13-11(14)7-8-12(15)16-13;1-14(2)11-7-4-3-6-10(11)13-12(14)8-5-9-15-13/h3-8H,1-2H3;3-9H,1-2H3. The second-order valence-corrected chi connectivity index (χ2v) is 9.66. The van der Waals surface area contributed by atoms with E-state index >= 15 is 0 Å². The van der Waals surface area contributed by atoms with Crippen LogP contribution >= 0.6 is 11.6 Å². The van der Waals surface area contributed by atoms with Crippen LogP contribution in [0.15, 0.2) is 79.0 Å². The van der Waals surface area contributed by atoms with E-state index in [2.05, 4.69) is 92.3 Å². The molecule has 154 valence electrons. The molecule has 0 N–H and O–H groups in total. The molecule has 2 nitrogen and oxygen atoms in total. The van der Waals surface area contributed by atoms with Gasteiger partial charge in [-0.05, 0) is 34.4 Å². The Morgan fingerprint density at radius 2 is 1.10 bits per heavy atom. The summed E-state index contributed by atoms with van der Waals surface area (Å²) in [6.45, 7) is 8.99. The minimum atomic E-state index is 0.0313. The van der Waals surface area contributed by atoms with E-state index in [0.717, 1.165) is 11.4 Å². The Balaban J connectivity index is 0.000000132. The molecule has 2 aliphatic rings. The van der Waals surface area contributed by atoms with Crippen molar-refractivity contribution in [2.45, 2.75) is 38.5 Å². The third-order valence-corrected chi connectivity index (χ3v) is 6.94. The van der Waals surface area contributed by atoms with Gasteiger partial charge in [-0.1, -0.05) is 100.0 Å². The van der Waals surface area contributed by atoms with Crippen LogP contribution in [0.25, 0.3) is 22.5 Å². The lowest BCUT2D eigenvalue weighted by Gasteiger charge is -2.20. The van der Waals surface area contributed by atoms with Crippen LogP contribution in [-0.4, -0.2) is 9.97 Å². The molecule has 2 aliphatic carbocycles. The van der Waals surface area contributed by atoms with E-state index in [9.17, 15) is 0 Å². The quantitative estimate of drug-likeness (QED) is 0.274. The highest BCUT2D eigenvalue weighted by Crippen LogP contribution is 2.48. The molecule has 3 heteroatoms. The van der Waals surface area contributed by atoms with Gasteiger partial charge in [-0.25, -0.2) is 4.98 Å². The first-order valence-electron chi connectivity index (χ1n) is 10.6. The zero-order valence-electron chi connectivity index (χ0n) is 18.3. The van der Waals surface area contributed by atoms with Gasteiger partial charge in [0.05, 0.1) is 11.4 Å². The normalized spacial score (nSPS) is 15.8. The zero-order chi connectivity index (χ0) is 21.8. The highest BCUT2D eigenvalue weighted by atomic mass is 35.5. The van der Waals surface area contributed by atoms with Crippen LogP contribution in [0.5, 0.6) is 0 Å². The summed E-state index contributed by atoms with van der Waals surface area (Å²) in [5, 5.41) is 0.561. The van der Waals surface area contributed by atoms with E-state index in [-0.39, 0.29) is 10.8 Å². The average Bonchev–Trinajstić information content (AvgIpc) is 3.15. The number of fused-ring (bicyclic) bond motifs is 6. The van der Waals surface area contributed by atoms with Crippen molar-refractivity contribution in [1.82, 2.24) is 9.97 Å². The Labute approximate surface area is 189 Å². The second-order valence-electron chi connectivity index (χ2n) is 9.27. The number of halogens is 1. The zero-order valence-corrected chi connectivity index (χ0v) is 19.0. The summed E-state index contributed by atoms with van der Waals surface area (Å²) in [6, 6.07) is 25.1. The molecular formula is C28H25ClN2. The lowest BCUT2D eigenvalue weighted by atomic mass is 9.83. The van der Waals surface area contributed by atoms with Crippen molar-refractivity contribution in [3.63, 3.8) is 0 Å². The molecule has 2 aromatic heterocycles. The summed E-state index contributed by atoms with van der Waals surface area (Å²) in [5.74, 6) is 0. The Hall–Kier alpha value is -2.97. The van der Waals surface area contributed by atoms with Crippen LogP contribution in [-0.2, 0) is 10.8 Å². The van der Waals surface area contributed by atoms with Crippen LogP contribution in [0.3, 0.4) is 0 Å². The second kappa shape index (κ2) is 7.03. The molecule has 0 unspecified atom stereocenters. The maximum atomic E-state index is 5.97. The molecule has 0 spiro atoms. The molecule has 0 aliphatic heterocycles. The van der Waals surface area contributed by atoms with E-state index < -0.39 is 0 Å². The molecule has 0 saturated heterocycles. The summed E-state index contributed by atoms with van der Waals surface area (Å²) in [6.07, 6.45) is 1.87. The van der Waals surface area contributed by atoms with E-state index in [4.69, 9.17) is 11.6 Å². The monoisotopic (exact) mass is 424 g/mol. The third kappa shape index (κ3) is 3.01. The van der Waals surface area contributed by atoms with Crippen LogP contribution < -0.4 is 0 Å². The van der Waals surface area contributed by atoms with Gasteiger partial charge >= 0.3 is 0 Å². The van der Waals surface area contributed by atoms with E-state index in [0.29, 0.717) is 5.15 Å². The number of aromatic nitrogens is 2. The maximum Gasteiger partial charge on any atom is 0.129 e. The first kappa shape index (κ1) is 20.0. The van der Waals surface area contributed by atoms with Gasteiger partial charge in [0.2, 0.25) is 0 Å². The minimum Gasteiger partial charge on any atom is -0.256 e. The lowest BCUT2D eigenvalue weighted by molar-refractivity contribution is 0.659. The number of pyridine rings is 2. The van der Waals surface area contributed by atoms with Crippen molar-refractivity contribution >= 4 is 11.6 Å². The minimum absolute atomic E-state index is 0.0313. The van der Waals surface area contributed by atoms with Gasteiger partial charge in [-0.2, -0.15) is 0 Å². The van der Waals surface area contributed by atoms with Crippen molar-refractivity contribution in [2.75, 3.05) is 0 Å². The molecular weight excluding hydrogens is 400 g/mol. The van der Waals surface area contributed by atoms with Gasteiger partial charge in [0.15, 0.2) is 0 Å². The Morgan fingerprint density at radius 1 is 0.581 bits per heavy atom. The summed E-state index contributed by atoms with van der Waals surface area (Å²) in [5.41, 5.74) is 10.1. The summed E-state index contributed by atoms with van der Waals surface area (Å²) < 4.78 is 0. The van der Waals surface area contributed by atoms with Crippen LogP contribution in [0.2, 0.25) is 5.15 Å². The molecule has 0 saturated carbocycles. The Morgan fingerprint density at radius 3 is 1.74 bits per heavy atom. The fourth-order valence-corrected chi connectivity index (χ4v) is 5.18. The first-order valence-corrected chi connectivity index (χ1v) is 11.0. The van der Waals surface area contributed by atoms with Crippen molar-refractivity contribution in [2.24, 2.45) is 0 Å². The molecule has 0 bridgehead atoms. The molecule has 31 heavy (non-hydrogen) atoms. The topological polar surface area (TPSA) is 25.8 Å². The molecule has 0 atom stereocenters. The van der Waals surface area contributed by atoms with Crippen molar-refractivity contribution < 1.29 is 0 Å².